The molecule has 1 rings (SSSR count). The molecule has 16 heavy (non-hydrogen) atoms. The molecule has 1 unspecified atom stereocenters. The van der Waals surface area contributed by atoms with Gasteiger partial charge in [0.1, 0.15) is 5.75 Å². The molecule has 0 saturated carbocycles. The van der Waals surface area contributed by atoms with E-state index in [0.717, 1.165) is 29.7 Å². The highest BCUT2D eigenvalue weighted by Crippen LogP contribution is 2.20. The van der Waals surface area contributed by atoms with Crippen LogP contribution in [0.4, 0.5) is 0 Å². The molecule has 3 N–H and O–H groups in total. The van der Waals surface area contributed by atoms with Gasteiger partial charge in [0.05, 0.1) is 13.7 Å². The fourth-order valence-electron chi connectivity index (χ4n) is 1.53. The van der Waals surface area contributed by atoms with Crippen molar-refractivity contribution in [2.75, 3.05) is 7.11 Å². The predicted molar refractivity (Wildman–Crippen MR) is 68.1 cm³/mol. The summed E-state index contributed by atoms with van der Waals surface area (Å²) in [4.78, 5) is 0. The fourth-order valence-corrected chi connectivity index (χ4v) is 1.53. The predicted octanol–water partition coefficient (Wildman–Crippen LogP) is 1.89. The van der Waals surface area contributed by atoms with Crippen LogP contribution in [0.1, 0.15) is 24.5 Å². The first-order valence-corrected chi connectivity index (χ1v) is 5.23. The lowest BCUT2D eigenvalue weighted by Gasteiger charge is -2.11. The van der Waals surface area contributed by atoms with E-state index in [1.54, 1.807) is 7.11 Å². The molecular formula is C12H20ClNO2. The number of hydrogen-bond acceptors (Lipinski definition) is 3. The molecule has 1 aromatic carbocycles. The Bertz CT molecular complexity index is 318. The van der Waals surface area contributed by atoms with Gasteiger partial charge in [0, 0.05) is 11.6 Å². The number of rotatable bonds is 5. The Morgan fingerprint density at radius 3 is 2.62 bits per heavy atom. The zero-order chi connectivity index (χ0) is 11.3. The average Bonchev–Trinajstić information content (AvgIpc) is 2.28. The summed E-state index contributed by atoms with van der Waals surface area (Å²) in [6.07, 6.45) is 1.80. The molecule has 0 spiro atoms. The van der Waals surface area contributed by atoms with Crippen LogP contribution in [-0.4, -0.2) is 18.3 Å². The number of hydrogen-bond donors (Lipinski definition) is 2. The van der Waals surface area contributed by atoms with Crippen molar-refractivity contribution in [2.45, 2.75) is 32.4 Å². The summed E-state index contributed by atoms with van der Waals surface area (Å²) in [7, 11) is 1.60. The maximum Gasteiger partial charge on any atom is 0.124 e. The summed E-state index contributed by atoms with van der Waals surface area (Å²) < 4.78 is 5.13. The van der Waals surface area contributed by atoms with E-state index in [1.165, 1.54) is 0 Å². The number of aliphatic hydroxyl groups is 1. The standard InChI is InChI=1S/C12H19NO2.ClH/c1-3-11(13)7-9-4-5-12(15-2)10(6-9)8-14;/h4-6,11,14H,3,7-8,13H2,1-2H3;1H. The van der Waals surface area contributed by atoms with Gasteiger partial charge in [-0.3, -0.25) is 0 Å². The lowest BCUT2D eigenvalue weighted by Crippen LogP contribution is -2.21. The molecule has 1 aromatic rings. The van der Waals surface area contributed by atoms with Crippen molar-refractivity contribution in [3.05, 3.63) is 29.3 Å². The van der Waals surface area contributed by atoms with Gasteiger partial charge < -0.3 is 15.6 Å². The summed E-state index contributed by atoms with van der Waals surface area (Å²) in [5.74, 6) is 0.728. The van der Waals surface area contributed by atoms with Crippen LogP contribution < -0.4 is 10.5 Å². The minimum absolute atomic E-state index is 0. The smallest absolute Gasteiger partial charge is 0.124 e. The van der Waals surface area contributed by atoms with Crippen molar-refractivity contribution in [3.8, 4) is 5.75 Å². The molecular weight excluding hydrogens is 226 g/mol. The summed E-state index contributed by atoms with van der Waals surface area (Å²) in [5, 5.41) is 9.15. The van der Waals surface area contributed by atoms with E-state index >= 15 is 0 Å². The highest BCUT2D eigenvalue weighted by molar-refractivity contribution is 5.85. The van der Waals surface area contributed by atoms with E-state index in [2.05, 4.69) is 6.92 Å². The number of aliphatic hydroxyl groups excluding tert-OH is 1. The average molecular weight is 246 g/mol. The van der Waals surface area contributed by atoms with Crippen LogP contribution in [0.25, 0.3) is 0 Å². The van der Waals surface area contributed by atoms with Gasteiger partial charge in [-0.25, -0.2) is 0 Å². The van der Waals surface area contributed by atoms with E-state index in [0.29, 0.717) is 0 Å². The Hall–Kier alpha value is -0.770. The Morgan fingerprint density at radius 1 is 1.44 bits per heavy atom. The van der Waals surface area contributed by atoms with Crippen LogP contribution in [0.2, 0.25) is 0 Å². The quantitative estimate of drug-likeness (QED) is 0.833. The zero-order valence-electron chi connectivity index (χ0n) is 9.77. The van der Waals surface area contributed by atoms with Gasteiger partial charge in [0.25, 0.3) is 0 Å². The molecule has 4 heteroatoms. The van der Waals surface area contributed by atoms with E-state index in [9.17, 15) is 0 Å². The van der Waals surface area contributed by atoms with Crippen LogP contribution in [0.5, 0.6) is 5.75 Å². The van der Waals surface area contributed by atoms with Crippen LogP contribution in [0, 0.1) is 0 Å². The Balaban J connectivity index is 0.00000225. The maximum atomic E-state index is 9.15. The Kier molecular flexibility index (Phi) is 7.13. The molecule has 0 aliphatic rings. The zero-order valence-corrected chi connectivity index (χ0v) is 10.6. The summed E-state index contributed by atoms with van der Waals surface area (Å²) in [6, 6.07) is 6.01. The van der Waals surface area contributed by atoms with Crippen molar-refractivity contribution >= 4 is 12.4 Å². The van der Waals surface area contributed by atoms with Gasteiger partial charge in [-0.1, -0.05) is 13.0 Å². The third-order valence-electron chi connectivity index (χ3n) is 2.54. The lowest BCUT2D eigenvalue weighted by molar-refractivity contribution is 0.273. The van der Waals surface area contributed by atoms with E-state index < -0.39 is 0 Å². The third kappa shape index (κ3) is 4.00. The Morgan fingerprint density at radius 2 is 2.12 bits per heavy atom. The second-order valence-electron chi connectivity index (χ2n) is 3.68. The Labute approximate surface area is 103 Å². The molecule has 0 aliphatic carbocycles. The maximum absolute atomic E-state index is 9.15. The molecule has 0 fully saturated rings. The SMILES string of the molecule is CCC(N)Cc1ccc(OC)c(CO)c1.Cl. The summed E-state index contributed by atoms with van der Waals surface area (Å²) in [6.45, 7) is 2.07. The van der Waals surface area contributed by atoms with Crippen molar-refractivity contribution in [3.63, 3.8) is 0 Å². The van der Waals surface area contributed by atoms with Crippen molar-refractivity contribution in [2.24, 2.45) is 5.73 Å². The monoisotopic (exact) mass is 245 g/mol. The van der Waals surface area contributed by atoms with Crippen LogP contribution in [-0.2, 0) is 13.0 Å². The summed E-state index contributed by atoms with van der Waals surface area (Å²) >= 11 is 0. The second-order valence-corrected chi connectivity index (χ2v) is 3.68. The highest BCUT2D eigenvalue weighted by Gasteiger charge is 2.06. The molecule has 3 nitrogen and oxygen atoms in total. The van der Waals surface area contributed by atoms with E-state index in [4.69, 9.17) is 15.6 Å². The minimum atomic E-state index is -0.00161. The molecule has 0 bridgehead atoms. The number of nitrogens with two attached hydrogens (primary N) is 1. The van der Waals surface area contributed by atoms with E-state index in [-0.39, 0.29) is 25.1 Å². The van der Waals surface area contributed by atoms with Crippen molar-refractivity contribution in [1.82, 2.24) is 0 Å². The molecule has 0 aromatic heterocycles. The largest absolute Gasteiger partial charge is 0.496 e. The van der Waals surface area contributed by atoms with Gasteiger partial charge in [0.2, 0.25) is 0 Å². The second kappa shape index (κ2) is 7.49. The van der Waals surface area contributed by atoms with Gasteiger partial charge in [-0.15, -0.1) is 12.4 Å². The first-order chi connectivity index (χ1) is 7.21. The fraction of sp³-hybridized carbons (Fsp3) is 0.500. The molecule has 0 amide bonds. The van der Waals surface area contributed by atoms with Gasteiger partial charge in [-0.2, -0.15) is 0 Å². The third-order valence-corrected chi connectivity index (χ3v) is 2.54. The normalized spacial score (nSPS) is 11.8. The molecule has 1 atom stereocenters. The highest BCUT2D eigenvalue weighted by atomic mass is 35.5. The van der Waals surface area contributed by atoms with Crippen LogP contribution in [0.15, 0.2) is 18.2 Å². The number of halogens is 1. The van der Waals surface area contributed by atoms with Crippen molar-refractivity contribution in [1.29, 1.82) is 0 Å². The molecule has 92 valence electrons. The van der Waals surface area contributed by atoms with Crippen LogP contribution in [0.3, 0.4) is 0 Å². The number of benzene rings is 1. The van der Waals surface area contributed by atoms with Crippen molar-refractivity contribution < 1.29 is 9.84 Å². The molecule has 0 heterocycles. The summed E-state index contributed by atoms with van der Waals surface area (Å²) in [5.41, 5.74) is 7.84. The number of ether oxygens (including phenoxy) is 1. The van der Waals surface area contributed by atoms with Gasteiger partial charge in [-0.05, 0) is 30.5 Å². The first kappa shape index (κ1) is 15.2. The topological polar surface area (TPSA) is 55.5 Å². The van der Waals surface area contributed by atoms with Gasteiger partial charge in [0.15, 0.2) is 0 Å². The molecule has 0 aliphatic heterocycles. The number of methoxy groups -OCH3 is 1. The van der Waals surface area contributed by atoms with Gasteiger partial charge >= 0.3 is 0 Å². The molecule has 0 radical (unpaired) electrons. The minimum Gasteiger partial charge on any atom is -0.496 e. The first-order valence-electron chi connectivity index (χ1n) is 5.23. The van der Waals surface area contributed by atoms with Crippen LogP contribution >= 0.6 is 12.4 Å². The lowest BCUT2D eigenvalue weighted by atomic mass is 10.0. The molecule has 0 saturated heterocycles. The van der Waals surface area contributed by atoms with E-state index in [1.807, 2.05) is 18.2 Å².